The third-order valence-electron chi connectivity index (χ3n) is 5.55. The molecule has 4 N–H and O–H groups in total. The van der Waals surface area contributed by atoms with Crippen molar-refractivity contribution in [1.82, 2.24) is 20.3 Å². The van der Waals surface area contributed by atoms with Crippen LogP contribution in [0.1, 0.15) is 36.6 Å². The van der Waals surface area contributed by atoms with E-state index in [-0.39, 0.29) is 18.4 Å². The number of aryl methyl sites for hydroxylation is 1. The Hall–Kier alpha value is -3.13. The number of nitrogens with two attached hydrogens (primary N) is 1. The molecule has 8 nitrogen and oxygen atoms in total. The van der Waals surface area contributed by atoms with Crippen molar-refractivity contribution < 1.29 is 9.53 Å². The zero-order valence-electron chi connectivity index (χ0n) is 17.4. The highest BCUT2D eigenvalue weighted by atomic mass is 16.5. The molecule has 2 aliphatic rings. The Morgan fingerprint density at radius 1 is 1.27 bits per heavy atom. The number of aromatic nitrogens is 2. The van der Waals surface area contributed by atoms with Crippen LogP contribution in [0.5, 0.6) is 5.88 Å². The quantitative estimate of drug-likeness (QED) is 0.477. The van der Waals surface area contributed by atoms with Gasteiger partial charge in [-0.15, -0.1) is 0 Å². The molecule has 3 heterocycles. The molecular formula is C22H28N6O2. The van der Waals surface area contributed by atoms with Crippen molar-refractivity contribution in [1.29, 1.82) is 0 Å². The second-order valence-corrected chi connectivity index (χ2v) is 7.93. The molecular weight excluding hydrogens is 380 g/mol. The number of fused-ring (bicyclic) bond motifs is 1. The third-order valence-corrected chi connectivity index (χ3v) is 5.55. The smallest absolute Gasteiger partial charge is 0.225 e. The number of carbonyl (C=O) groups is 1. The van der Waals surface area contributed by atoms with E-state index < -0.39 is 0 Å². The van der Waals surface area contributed by atoms with Gasteiger partial charge in [0.05, 0.1) is 17.6 Å². The fraction of sp³-hybridized carbons (Fsp3) is 0.409. The van der Waals surface area contributed by atoms with Gasteiger partial charge in [0.2, 0.25) is 11.8 Å². The average Bonchev–Trinajstić information content (AvgIpc) is 3.62. The maximum atomic E-state index is 12.3. The first kappa shape index (κ1) is 20.2. The zero-order valence-corrected chi connectivity index (χ0v) is 17.4. The van der Waals surface area contributed by atoms with Crippen LogP contribution in [0.4, 0.5) is 5.69 Å². The van der Waals surface area contributed by atoms with Crippen molar-refractivity contribution >= 4 is 11.6 Å². The normalized spacial score (nSPS) is 16.4. The minimum atomic E-state index is 0.253. The lowest BCUT2D eigenvalue weighted by molar-refractivity contribution is -0.133. The molecule has 2 aromatic heterocycles. The van der Waals surface area contributed by atoms with Crippen LogP contribution in [0.25, 0.3) is 0 Å². The van der Waals surface area contributed by atoms with Gasteiger partial charge in [-0.25, -0.2) is 4.98 Å². The van der Waals surface area contributed by atoms with Crippen molar-refractivity contribution in [2.24, 2.45) is 11.8 Å². The number of carbonyl (C=O) groups excluding carboxylic acids is 1. The highest BCUT2D eigenvalue weighted by Gasteiger charge is 2.34. The minimum absolute atomic E-state index is 0.253. The summed E-state index contributed by atoms with van der Waals surface area (Å²) in [6.45, 7) is 5.50. The minimum Gasteiger partial charge on any atom is -0.471 e. The van der Waals surface area contributed by atoms with Gasteiger partial charge in [0.1, 0.15) is 6.61 Å². The zero-order chi connectivity index (χ0) is 21.1. The second-order valence-electron chi connectivity index (χ2n) is 7.93. The fourth-order valence-corrected chi connectivity index (χ4v) is 3.46. The molecule has 158 valence electrons. The molecule has 0 aromatic carbocycles. The molecule has 0 bridgehead atoms. The lowest BCUT2D eigenvalue weighted by Gasteiger charge is -2.29. The Morgan fingerprint density at radius 2 is 2.10 bits per heavy atom. The van der Waals surface area contributed by atoms with Crippen molar-refractivity contribution in [2.75, 3.05) is 18.5 Å². The first-order valence-electron chi connectivity index (χ1n) is 10.3. The average molecular weight is 409 g/mol. The highest BCUT2D eigenvalue weighted by Crippen LogP contribution is 2.33. The summed E-state index contributed by atoms with van der Waals surface area (Å²) in [5.41, 5.74) is 8.33. The number of pyridine rings is 2. The van der Waals surface area contributed by atoms with E-state index in [9.17, 15) is 4.79 Å². The summed E-state index contributed by atoms with van der Waals surface area (Å²) in [5.74, 6) is 6.71. The number of allylic oxidation sites excluding steroid dienone is 1. The molecule has 1 saturated carbocycles. The van der Waals surface area contributed by atoms with Crippen LogP contribution in [0.15, 0.2) is 42.0 Å². The highest BCUT2D eigenvalue weighted by molar-refractivity contribution is 5.81. The lowest BCUT2D eigenvalue weighted by atomic mass is 10.0. The Kier molecular flexibility index (Phi) is 5.85. The first-order chi connectivity index (χ1) is 14.5. The largest absolute Gasteiger partial charge is 0.471 e. The van der Waals surface area contributed by atoms with E-state index in [2.05, 4.69) is 20.7 Å². The van der Waals surface area contributed by atoms with E-state index in [1.807, 2.05) is 43.1 Å². The third kappa shape index (κ3) is 4.71. The van der Waals surface area contributed by atoms with Crippen molar-refractivity contribution in [3.8, 4) is 5.88 Å². The molecule has 4 rings (SSSR count). The fourth-order valence-electron chi connectivity index (χ4n) is 3.46. The molecule has 0 atom stereocenters. The Morgan fingerprint density at radius 3 is 2.80 bits per heavy atom. The van der Waals surface area contributed by atoms with Gasteiger partial charge in [0, 0.05) is 42.7 Å². The van der Waals surface area contributed by atoms with E-state index >= 15 is 0 Å². The molecule has 2 aromatic rings. The summed E-state index contributed by atoms with van der Waals surface area (Å²) < 4.78 is 5.95. The molecule has 0 saturated heterocycles. The monoisotopic (exact) mass is 408 g/mol. The summed E-state index contributed by atoms with van der Waals surface area (Å²) in [5, 5.41) is 3.30. The van der Waals surface area contributed by atoms with Gasteiger partial charge in [0.15, 0.2) is 0 Å². The number of hydrogen-bond acceptors (Lipinski definition) is 7. The summed E-state index contributed by atoms with van der Waals surface area (Å²) in [6.07, 6.45) is 6.49. The van der Waals surface area contributed by atoms with Crippen molar-refractivity contribution in [3.63, 3.8) is 0 Å². The van der Waals surface area contributed by atoms with Crippen molar-refractivity contribution in [2.45, 2.75) is 39.7 Å². The summed E-state index contributed by atoms with van der Waals surface area (Å²) in [6, 6.07) is 5.87. The maximum Gasteiger partial charge on any atom is 0.225 e. The molecule has 1 aliphatic carbocycles. The van der Waals surface area contributed by atoms with E-state index in [4.69, 9.17) is 10.6 Å². The lowest BCUT2D eigenvalue weighted by Crippen LogP contribution is -2.37. The Labute approximate surface area is 176 Å². The summed E-state index contributed by atoms with van der Waals surface area (Å²) in [4.78, 5) is 23.0. The number of hydrazine groups is 1. The standard InChI is InChI=1S/C22H28N6O2/c1-14-3-6-19(11-24-14)26-20(15(2)27-23)13-30-21-9-17-7-8-28(12-18(17)10-25-21)22(29)16-4-5-16/h3,6,9-11,16,26-27H,4-5,7-8,12-13,23H2,1-2H3/b20-15-. The van der Waals surface area contributed by atoms with Crippen LogP contribution >= 0.6 is 0 Å². The number of rotatable bonds is 7. The first-order valence-corrected chi connectivity index (χ1v) is 10.3. The predicted octanol–water partition coefficient (Wildman–Crippen LogP) is 2.27. The van der Waals surface area contributed by atoms with E-state index in [1.54, 1.807) is 6.20 Å². The van der Waals surface area contributed by atoms with Gasteiger partial charge < -0.3 is 20.4 Å². The van der Waals surface area contributed by atoms with Gasteiger partial charge >= 0.3 is 0 Å². The number of anilines is 1. The molecule has 1 aliphatic heterocycles. The topological polar surface area (TPSA) is 105 Å². The van der Waals surface area contributed by atoms with E-state index in [0.29, 0.717) is 12.4 Å². The Balaban J connectivity index is 1.40. The molecule has 0 radical (unpaired) electrons. The van der Waals surface area contributed by atoms with E-state index in [0.717, 1.165) is 54.1 Å². The van der Waals surface area contributed by atoms with Crippen LogP contribution in [-0.4, -0.2) is 33.9 Å². The van der Waals surface area contributed by atoms with E-state index in [1.165, 1.54) is 5.56 Å². The van der Waals surface area contributed by atoms with Gasteiger partial charge in [-0.2, -0.15) is 0 Å². The molecule has 0 spiro atoms. The number of hydrogen-bond donors (Lipinski definition) is 3. The van der Waals surface area contributed by atoms with Crippen molar-refractivity contribution in [3.05, 3.63) is 58.8 Å². The van der Waals surface area contributed by atoms with Crippen LogP contribution in [0, 0.1) is 12.8 Å². The number of amides is 1. The SMILES string of the molecule is C/C(NN)=C(\COc1cc2c(cn1)CN(C(=O)C1CC1)CC2)Nc1ccc(C)nc1. The number of nitrogens with one attached hydrogen (secondary N) is 2. The molecule has 1 fully saturated rings. The van der Waals surface area contributed by atoms with Crippen LogP contribution < -0.4 is 21.3 Å². The predicted molar refractivity (Wildman–Crippen MR) is 114 cm³/mol. The summed E-state index contributed by atoms with van der Waals surface area (Å²) in [7, 11) is 0. The summed E-state index contributed by atoms with van der Waals surface area (Å²) >= 11 is 0. The van der Waals surface area contributed by atoms with Crippen LogP contribution in [0.2, 0.25) is 0 Å². The maximum absolute atomic E-state index is 12.3. The van der Waals surface area contributed by atoms with Gasteiger partial charge in [-0.3, -0.25) is 15.6 Å². The van der Waals surface area contributed by atoms with Gasteiger partial charge in [-0.1, -0.05) is 0 Å². The molecule has 1 amide bonds. The number of nitrogens with zero attached hydrogens (tertiary/aromatic N) is 3. The number of ether oxygens (including phenoxy) is 1. The van der Waals surface area contributed by atoms with Crippen LogP contribution in [-0.2, 0) is 17.8 Å². The van der Waals surface area contributed by atoms with Crippen LogP contribution in [0.3, 0.4) is 0 Å². The van der Waals surface area contributed by atoms with Gasteiger partial charge in [0.25, 0.3) is 0 Å². The molecule has 0 unspecified atom stereocenters. The molecule has 8 heteroatoms. The van der Waals surface area contributed by atoms with Gasteiger partial charge in [-0.05, 0) is 56.4 Å². The second kappa shape index (κ2) is 8.71. The Bertz CT molecular complexity index is 953. The molecule has 30 heavy (non-hydrogen) atoms.